The van der Waals surface area contributed by atoms with E-state index in [1.807, 2.05) is 0 Å². The van der Waals surface area contributed by atoms with E-state index in [0.717, 1.165) is 17.7 Å². The summed E-state index contributed by atoms with van der Waals surface area (Å²) in [6.45, 7) is 4.33. The molecule has 25 heavy (non-hydrogen) atoms. The molecule has 0 amide bonds. The molecule has 0 radical (unpaired) electrons. The van der Waals surface area contributed by atoms with Crippen molar-refractivity contribution in [3.8, 4) is 0 Å². The Bertz CT molecular complexity index is 481. The Morgan fingerprint density at radius 1 is 1.04 bits per heavy atom. The van der Waals surface area contributed by atoms with Gasteiger partial charge in [0, 0.05) is 16.2 Å². The third kappa shape index (κ3) is 10.0. The monoisotopic (exact) mass is 368 g/mol. The lowest BCUT2D eigenvalue weighted by atomic mass is 10.1. The molecule has 0 saturated carbocycles. The summed E-state index contributed by atoms with van der Waals surface area (Å²) in [6, 6.07) is 2.22. The quantitative estimate of drug-likeness (QED) is 0.351. The number of thiophene rings is 1. The second-order valence-corrected chi connectivity index (χ2v) is 8.31. The summed E-state index contributed by atoms with van der Waals surface area (Å²) in [5, 5.41) is 19.0. The first-order chi connectivity index (χ1) is 12.0. The second-order valence-electron chi connectivity index (χ2n) is 7.14. The third-order valence-corrected chi connectivity index (χ3v) is 6.10. The van der Waals surface area contributed by atoms with Crippen molar-refractivity contribution in [2.45, 2.75) is 103 Å². The highest BCUT2D eigenvalue weighted by atomic mass is 32.1. The van der Waals surface area contributed by atoms with E-state index in [9.17, 15) is 9.90 Å². The molecule has 4 heteroatoms. The van der Waals surface area contributed by atoms with Gasteiger partial charge in [0.05, 0.1) is 6.10 Å². The number of carboxylic acid groups (broad SMARTS) is 1. The van der Waals surface area contributed by atoms with E-state index in [1.165, 1.54) is 61.8 Å². The number of aliphatic carboxylic acids is 1. The van der Waals surface area contributed by atoms with Crippen LogP contribution in [0.3, 0.4) is 0 Å². The van der Waals surface area contributed by atoms with Gasteiger partial charge in [-0.1, -0.05) is 51.9 Å². The number of aliphatic hydroxyl groups excluding tert-OH is 1. The Kier molecular flexibility index (Phi) is 11.8. The van der Waals surface area contributed by atoms with Crippen molar-refractivity contribution in [1.82, 2.24) is 0 Å². The lowest BCUT2D eigenvalue weighted by molar-refractivity contribution is -0.137. The molecule has 1 rings (SSSR count). The minimum Gasteiger partial charge on any atom is -0.481 e. The summed E-state index contributed by atoms with van der Waals surface area (Å²) in [6.07, 6.45) is 13.6. The number of aryl methyl sites for hydroxylation is 2. The van der Waals surface area contributed by atoms with Crippen LogP contribution in [-0.2, 0) is 11.2 Å². The predicted molar refractivity (Wildman–Crippen MR) is 106 cm³/mol. The van der Waals surface area contributed by atoms with Crippen molar-refractivity contribution in [2.24, 2.45) is 0 Å². The largest absolute Gasteiger partial charge is 0.481 e. The number of unbranched alkanes of at least 4 members (excludes halogenated alkanes) is 8. The first-order valence-corrected chi connectivity index (χ1v) is 10.8. The minimum absolute atomic E-state index is 0.194. The molecule has 0 fully saturated rings. The molecule has 1 atom stereocenters. The number of carbonyl (C=O) groups is 1. The van der Waals surface area contributed by atoms with Crippen LogP contribution >= 0.6 is 11.3 Å². The van der Waals surface area contributed by atoms with Crippen molar-refractivity contribution in [2.75, 3.05) is 0 Å². The van der Waals surface area contributed by atoms with Crippen LogP contribution in [0.4, 0.5) is 0 Å². The summed E-state index contributed by atoms with van der Waals surface area (Å²) < 4.78 is 0. The van der Waals surface area contributed by atoms with Gasteiger partial charge in [-0.3, -0.25) is 4.79 Å². The van der Waals surface area contributed by atoms with Crippen molar-refractivity contribution in [1.29, 1.82) is 0 Å². The van der Waals surface area contributed by atoms with E-state index in [4.69, 9.17) is 5.11 Å². The van der Waals surface area contributed by atoms with Gasteiger partial charge in [-0.15, -0.1) is 11.3 Å². The van der Waals surface area contributed by atoms with Crippen LogP contribution in [0.2, 0.25) is 0 Å². The van der Waals surface area contributed by atoms with Crippen LogP contribution in [-0.4, -0.2) is 16.2 Å². The summed E-state index contributed by atoms with van der Waals surface area (Å²) in [5.41, 5.74) is 1.19. The highest BCUT2D eigenvalue weighted by Gasteiger charge is 2.14. The van der Waals surface area contributed by atoms with Gasteiger partial charge in [-0.25, -0.2) is 0 Å². The highest BCUT2D eigenvalue weighted by Crippen LogP contribution is 2.31. The number of rotatable bonds is 15. The van der Waals surface area contributed by atoms with Gasteiger partial charge in [0.15, 0.2) is 0 Å². The average Bonchev–Trinajstić information content (AvgIpc) is 2.94. The Balaban J connectivity index is 2.22. The summed E-state index contributed by atoms with van der Waals surface area (Å²) in [7, 11) is 0. The molecule has 0 spiro atoms. The molecule has 0 aliphatic heterocycles. The van der Waals surface area contributed by atoms with E-state index in [2.05, 4.69) is 19.9 Å². The molecule has 0 aliphatic carbocycles. The predicted octanol–water partition coefficient (Wildman–Crippen LogP) is 6.42. The fraction of sp³-hybridized carbons (Fsp3) is 0.762. The van der Waals surface area contributed by atoms with Gasteiger partial charge >= 0.3 is 5.97 Å². The Morgan fingerprint density at radius 2 is 1.68 bits per heavy atom. The molecule has 0 saturated heterocycles. The average molecular weight is 369 g/mol. The zero-order valence-corrected chi connectivity index (χ0v) is 16.9. The molecule has 0 aliphatic rings. The zero-order chi connectivity index (χ0) is 18.5. The van der Waals surface area contributed by atoms with Crippen molar-refractivity contribution in [3.05, 3.63) is 21.4 Å². The first-order valence-electron chi connectivity index (χ1n) is 10.0. The molecule has 1 aromatic heterocycles. The van der Waals surface area contributed by atoms with Crippen molar-refractivity contribution < 1.29 is 15.0 Å². The molecule has 0 aromatic carbocycles. The van der Waals surface area contributed by atoms with Crippen LogP contribution in [0.25, 0.3) is 0 Å². The lowest BCUT2D eigenvalue weighted by Gasteiger charge is -2.09. The molecule has 1 unspecified atom stereocenters. The maximum absolute atomic E-state index is 10.5. The van der Waals surface area contributed by atoms with Crippen LogP contribution < -0.4 is 0 Å². The fourth-order valence-electron chi connectivity index (χ4n) is 3.20. The third-order valence-electron chi connectivity index (χ3n) is 4.70. The highest BCUT2D eigenvalue weighted by molar-refractivity contribution is 7.12. The number of hydrogen-bond donors (Lipinski definition) is 2. The fourth-order valence-corrected chi connectivity index (χ4v) is 4.43. The van der Waals surface area contributed by atoms with Gasteiger partial charge in [0.2, 0.25) is 0 Å². The zero-order valence-electron chi connectivity index (χ0n) is 16.1. The van der Waals surface area contributed by atoms with E-state index in [-0.39, 0.29) is 6.42 Å². The van der Waals surface area contributed by atoms with E-state index < -0.39 is 12.1 Å². The Hall–Kier alpha value is -0.870. The molecule has 2 N–H and O–H groups in total. The molecular formula is C21H36O3S. The Morgan fingerprint density at radius 3 is 2.32 bits per heavy atom. The first kappa shape index (κ1) is 22.2. The molecule has 0 bridgehead atoms. The van der Waals surface area contributed by atoms with Crippen molar-refractivity contribution >= 4 is 17.3 Å². The van der Waals surface area contributed by atoms with E-state index >= 15 is 0 Å². The maximum Gasteiger partial charge on any atom is 0.303 e. The summed E-state index contributed by atoms with van der Waals surface area (Å²) in [5.74, 6) is -0.755. The maximum atomic E-state index is 10.5. The van der Waals surface area contributed by atoms with Gasteiger partial charge < -0.3 is 10.2 Å². The molecule has 3 nitrogen and oxygen atoms in total. The topological polar surface area (TPSA) is 57.5 Å². The summed E-state index contributed by atoms with van der Waals surface area (Å²) in [4.78, 5) is 13.0. The SMILES string of the molecule is CCCCCCCCCCc1cc(C)c(C(O)CCCCC(=O)O)s1. The molecular weight excluding hydrogens is 332 g/mol. The van der Waals surface area contributed by atoms with Crippen LogP contribution in [0, 0.1) is 6.92 Å². The summed E-state index contributed by atoms with van der Waals surface area (Å²) >= 11 is 1.74. The van der Waals surface area contributed by atoms with E-state index in [1.54, 1.807) is 11.3 Å². The molecule has 1 aromatic rings. The second kappa shape index (κ2) is 13.3. The molecule has 144 valence electrons. The van der Waals surface area contributed by atoms with Gasteiger partial charge in [0.25, 0.3) is 0 Å². The van der Waals surface area contributed by atoms with Crippen LogP contribution in [0.15, 0.2) is 6.07 Å². The van der Waals surface area contributed by atoms with E-state index in [0.29, 0.717) is 12.8 Å². The van der Waals surface area contributed by atoms with Gasteiger partial charge in [-0.2, -0.15) is 0 Å². The van der Waals surface area contributed by atoms with Crippen molar-refractivity contribution in [3.63, 3.8) is 0 Å². The minimum atomic E-state index is -0.755. The Labute approximate surface area is 157 Å². The normalized spacial score (nSPS) is 12.4. The van der Waals surface area contributed by atoms with Gasteiger partial charge in [-0.05, 0) is 50.7 Å². The molecule has 1 heterocycles. The standard InChI is InChI=1S/C21H36O3S/c1-3-4-5-6-7-8-9-10-13-18-16-17(2)21(25-18)19(22)14-11-12-15-20(23)24/h16,19,22H,3-15H2,1-2H3,(H,23,24). The smallest absolute Gasteiger partial charge is 0.303 e. The van der Waals surface area contributed by atoms with Crippen LogP contribution in [0.5, 0.6) is 0 Å². The van der Waals surface area contributed by atoms with Crippen LogP contribution in [0.1, 0.15) is 105 Å². The number of hydrogen-bond acceptors (Lipinski definition) is 3. The number of aliphatic hydroxyl groups is 1. The van der Waals surface area contributed by atoms with Gasteiger partial charge in [0.1, 0.15) is 0 Å². The number of carboxylic acids is 1. The lowest BCUT2D eigenvalue weighted by Crippen LogP contribution is -1.98.